The SMILES string of the molecule is CC(C)c1cc(C2(c3ccc(O)c(C(C)C)c3)c3ccccc3-c3ccccc32)ccc1O.CCCc1cc(C2(c3ccc(O)c(CCC)c3)c3ccccc3-c3ccccc32)ccc1O. The number of hydrogen-bond acceptors (Lipinski definition) is 4. The van der Waals surface area contributed by atoms with E-state index in [1.54, 1.807) is 0 Å². The molecule has 66 heavy (non-hydrogen) atoms. The highest BCUT2D eigenvalue weighted by Gasteiger charge is 2.48. The fraction of sp³-hybridized carbons (Fsp3) is 0.226. The van der Waals surface area contributed by atoms with E-state index in [2.05, 4.69) is 187 Å². The van der Waals surface area contributed by atoms with Crippen LogP contribution in [-0.4, -0.2) is 20.4 Å². The van der Waals surface area contributed by atoms with Crippen molar-refractivity contribution < 1.29 is 20.4 Å². The Morgan fingerprint density at radius 2 is 0.621 bits per heavy atom. The molecule has 0 unspecified atom stereocenters. The van der Waals surface area contributed by atoms with Crippen LogP contribution in [0.25, 0.3) is 22.3 Å². The normalized spacial score (nSPS) is 13.7. The topological polar surface area (TPSA) is 80.9 Å². The van der Waals surface area contributed by atoms with Crippen molar-refractivity contribution >= 4 is 0 Å². The lowest BCUT2D eigenvalue weighted by Crippen LogP contribution is -2.29. The molecule has 0 bridgehead atoms. The summed E-state index contributed by atoms with van der Waals surface area (Å²) in [7, 11) is 0. The van der Waals surface area contributed by atoms with Crippen LogP contribution >= 0.6 is 0 Å². The lowest BCUT2D eigenvalue weighted by Gasteiger charge is -2.35. The van der Waals surface area contributed by atoms with Crippen molar-refractivity contribution in [2.45, 2.75) is 89.9 Å². The van der Waals surface area contributed by atoms with E-state index >= 15 is 0 Å². The first-order valence-electron chi connectivity index (χ1n) is 23.7. The summed E-state index contributed by atoms with van der Waals surface area (Å²) in [6.45, 7) is 12.7. The second-order valence-corrected chi connectivity index (χ2v) is 18.7. The number of phenolic OH excluding ortho intramolecular Hbond substituents is 4. The van der Waals surface area contributed by atoms with Crippen LogP contribution in [0, 0.1) is 0 Å². The van der Waals surface area contributed by atoms with Crippen molar-refractivity contribution in [3.63, 3.8) is 0 Å². The van der Waals surface area contributed by atoms with Gasteiger partial charge in [0.2, 0.25) is 0 Å². The predicted molar refractivity (Wildman–Crippen MR) is 270 cm³/mol. The molecule has 0 aromatic heterocycles. The van der Waals surface area contributed by atoms with E-state index < -0.39 is 10.8 Å². The highest BCUT2D eigenvalue weighted by molar-refractivity contribution is 5.88. The smallest absolute Gasteiger partial charge is 0.119 e. The zero-order valence-electron chi connectivity index (χ0n) is 38.9. The summed E-state index contributed by atoms with van der Waals surface area (Å²) in [4.78, 5) is 0. The highest BCUT2D eigenvalue weighted by Crippen LogP contribution is 2.58. The molecule has 0 radical (unpaired) electrons. The average molecular weight is 869 g/mol. The molecule has 0 atom stereocenters. The molecule has 0 saturated heterocycles. The number of benzene rings is 8. The fourth-order valence-electron chi connectivity index (χ4n) is 11.1. The van der Waals surface area contributed by atoms with Crippen molar-refractivity contribution in [2.24, 2.45) is 0 Å². The molecular formula is C62H60O4. The maximum Gasteiger partial charge on any atom is 0.119 e. The molecule has 0 aliphatic heterocycles. The van der Waals surface area contributed by atoms with Crippen LogP contribution in [0.2, 0.25) is 0 Å². The molecule has 332 valence electrons. The van der Waals surface area contributed by atoms with E-state index in [0.717, 1.165) is 70.2 Å². The second-order valence-electron chi connectivity index (χ2n) is 18.7. The maximum absolute atomic E-state index is 10.6. The Kier molecular flexibility index (Phi) is 11.9. The number of aromatic hydroxyl groups is 4. The summed E-state index contributed by atoms with van der Waals surface area (Å²) in [5.74, 6) is 1.76. The predicted octanol–water partition coefficient (Wildman–Crippen LogP) is 15.1. The number of aryl methyl sites for hydroxylation is 2. The van der Waals surface area contributed by atoms with Crippen LogP contribution < -0.4 is 0 Å². The Bertz CT molecular complexity index is 2870. The minimum Gasteiger partial charge on any atom is -0.508 e. The summed E-state index contributed by atoms with van der Waals surface area (Å²) in [6, 6.07) is 58.9. The van der Waals surface area contributed by atoms with Gasteiger partial charge < -0.3 is 20.4 Å². The van der Waals surface area contributed by atoms with E-state index in [1.807, 2.05) is 24.3 Å². The molecule has 2 aliphatic carbocycles. The summed E-state index contributed by atoms with van der Waals surface area (Å²) in [6.07, 6.45) is 3.60. The first kappa shape index (κ1) is 44.2. The number of fused-ring (bicyclic) bond motifs is 6. The van der Waals surface area contributed by atoms with Gasteiger partial charge in [-0.05, 0) is 138 Å². The first-order chi connectivity index (χ1) is 32.0. The fourth-order valence-corrected chi connectivity index (χ4v) is 11.1. The van der Waals surface area contributed by atoms with Gasteiger partial charge in [0, 0.05) is 0 Å². The molecule has 4 nitrogen and oxygen atoms in total. The molecule has 8 aromatic rings. The van der Waals surface area contributed by atoms with Crippen LogP contribution in [0.15, 0.2) is 170 Å². The third-order valence-corrected chi connectivity index (χ3v) is 14.1. The van der Waals surface area contributed by atoms with Gasteiger partial charge in [0.05, 0.1) is 10.8 Å². The van der Waals surface area contributed by atoms with Crippen LogP contribution in [-0.2, 0) is 23.7 Å². The van der Waals surface area contributed by atoms with Gasteiger partial charge in [-0.1, -0.05) is 200 Å². The van der Waals surface area contributed by atoms with Crippen LogP contribution in [0.5, 0.6) is 23.0 Å². The minimum atomic E-state index is -0.540. The number of hydrogen-bond donors (Lipinski definition) is 4. The lowest BCUT2D eigenvalue weighted by molar-refractivity contribution is 0.463. The monoisotopic (exact) mass is 868 g/mol. The van der Waals surface area contributed by atoms with Crippen LogP contribution in [0.4, 0.5) is 0 Å². The molecule has 0 spiro atoms. The Hall–Kier alpha value is -7.04. The van der Waals surface area contributed by atoms with E-state index in [4.69, 9.17) is 0 Å². The highest BCUT2D eigenvalue weighted by atomic mass is 16.3. The largest absolute Gasteiger partial charge is 0.508 e. The van der Waals surface area contributed by atoms with Gasteiger partial charge in [-0.3, -0.25) is 0 Å². The average Bonchev–Trinajstić information content (AvgIpc) is 3.80. The standard InChI is InChI=1S/2C31H30O2/c1-19(2)25-17-21(13-15-29(25)32)31(22-14-16-30(33)26(18-22)20(3)4)27-11-7-5-9-23(27)24-10-6-8-12-28(24)31;1-3-9-21-19-23(15-17-29(21)32)31(24-16-18-30(33)22(20-24)10-4-2)27-13-7-5-11-25(27)26-12-6-8-14-28(26)31/h5-20,32-33H,1-4H3;5-8,11-20,32-33H,3-4,9-10H2,1-2H3. The Labute approximate surface area is 390 Å². The zero-order chi connectivity index (χ0) is 46.3. The van der Waals surface area contributed by atoms with Crippen molar-refractivity contribution in [3.8, 4) is 45.3 Å². The van der Waals surface area contributed by atoms with Crippen molar-refractivity contribution in [1.29, 1.82) is 0 Å². The van der Waals surface area contributed by atoms with Crippen molar-refractivity contribution in [1.82, 2.24) is 0 Å². The molecule has 0 heterocycles. The summed E-state index contributed by atoms with van der Waals surface area (Å²) in [5, 5.41) is 42.4. The zero-order valence-corrected chi connectivity index (χ0v) is 38.9. The molecule has 0 fully saturated rings. The van der Waals surface area contributed by atoms with Crippen LogP contribution in [0.1, 0.15) is 133 Å². The lowest BCUT2D eigenvalue weighted by atomic mass is 9.66. The van der Waals surface area contributed by atoms with Gasteiger partial charge in [0.15, 0.2) is 0 Å². The maximum atomic E-state index is 10.6. The van der Waals surface area contributed by atoms with Gasteiger partial charge in [0.1, 0.15) is 23.0 Å². The van der Waals surface area contributed by atoms with E-state index in [1.165, 1.54) is 44.5 Å². The van der Waals surface area contributed by atoms with Gasteiger partial charge in [0.25, 0.3) is 0 Å². The molecule has 4 heteroatoms. The van der Waals surface area contributed by atoms with E-state index in [0.29, 0.717) is 23.0 Å². The molecule has 8 aromatic carbocycles. The molecule has 0 amide bonds. The third kappa shape index (κ3) is 7.06. The molecule has 0 saturated carbocycles. The first-order valence-corrected chi connectivity index (χ1v) is 23.7. The van der Waals surface area contributed by atoms with Gasteiger partial charge in [-0.25, -0.2) is 0 Å². The quantitative estimate of drug-likeness (QED) is 0.110. The molecule has 2 aliphatic rings. The Morgan fingerprint density at radius 3 is 0.909 bits per heavy atom. The van der Waals surface area contributed by atoms with Crippen LogP contribution in [0.3, 0.4) is 0 Å². The Morgan fingerprint density at radius 1 is 0.348 bits per heavy atom. The third-order valence-electron chi connectivity index (χ3n) is 14.1. The van der Waals surface area contributed by atoms with Gasteiger partial charge >= 0.3 is 0 Å². The second kappa shape index (κ2) is 17.7. The molecule has 4 N–H and O–H groups in total. The molecule has 10 rings (SSSR count). The summed E-state index contributed by atoms with van der Waals surface area (Å²) < 4.78 is 0. The Balaban J connectivity index is 0.000000166. The summed E-state index contributed by atoms with van der Waals surface area (Å²) >= 11 is 0. The van der Waals surface area contributed by atoms with E-state index in [9.17, 15) is 20.4 Å². The minimum absolute atomic E-state index is 0.194. The van der Waals surface area contributed by atoms with Crippen molar-refractivity contribution in [3.05, 3.63) is 237 Å². The number of rotatable bonds is 10. The van der Waals surface area contributed by atoms with Crippen molar-refractivity contribution in [2.75, 3.05) is 0 Å². The molecular weight excluding hydrogens is 809 g/mol. The number of phenols is 4. The van der Waals surface area contributed by atoms with E-state index in [-0.39, 0.29) is 11.8 Å². The van der Waals surface area contributed by atoms with Gasteiger partial charge in [-0.2, -0.15) is 0 Å². The van der Waals surface area contributed by atoms with Gasteiger partial charge in [-0.15, -0.1) is 0 Å². The summed E-state index contributed by atoms with van der Waals surface area (Å²) in [5.41, 5.74) is 17.2.